The summed E-state index contributed by atoms with van der Waals surface area (Å²) in [6, 6.07) is 18.5. The lowest BCUT2D eigenvalue weighted by Crippen LogP contribution is -2.54. The normalized spacial score (nSPS) is 12.2. The fraction of sp³-hybridized carbons (Fsp3) is 0.310. The van der Waals surface area contributed by atoms with Crippen LogP contribution in [0, 0.1) is 10.1 Å². The molecule has 0 aliphatic carbocycles. The van der Waals surface area contributed by atoms with Crippen molar-refractivity contribution in [3.8, 4) is 5.75 Å². The zero-order valence-electron chi connectivity index (χ0n) is 23.6. The van der Waals surface area contributed by atoms with Crippen LogP contribution in [0.2, 0.25) is 0 Å². The molecule has 0 radical (unpaired) electrons. The zero-order chi connectivity index (χ0) is 30.4. The highest BCUT2D eigenvalue weighted by Crippen LogP contribution is 2.28. The van der Waals surface area contributed by atoms with E-state index in [9.17, 15) is 28.1 Å². The van der Waals surface area contributed by atoms with Gasteiger partial charge in [0.05, 0.1) is 22.6 Å². The summed E-state index contributed by atoms with van der Waals surface area (Å²) in [5.74, 6) is -0.566. The van der Waals surface area contributed by atoms with Crippen LogP contribution in [0.1, 0.15) is 33.3 Å². The number of hydrogen-bond donors (Lipinski definition) is 1. The molecule has 2 amide bonds. The van der Waals surface area contributed by atoms with Crippen molar-refractivity contribution in [2.75, 3.05) is 18.0 Å². The third kappa shape index (κ3) is 8.04. The Bertz CT molecular complexity index is 1500. The molecule has 0 bridgehead atoms. The van der Waals surface area contributed by atoms with E-state index >= 15 is 0 Å². The number of non-ortho nitro benzene ring substituents is 1. The number of anilines is 1. The lowest BCUT2D eigenvalue weighted by atomic mass is 10.1. The van der Waals surface area contributed by atoms with Crippen LogP contribution in [0.3, 0.4) is 0 Å². The maximum Gasteiger partial charge on any atom is 0.271 e. The summed E-state index contributed by atoms with van der Waals surface area (Å²) < 4.78 is 33.7. The second-order valence-electron chi connectivity index (χ2n) is 10.4. The Morgan fingerprint density at radius 3 is 2.27 bits per heavy atom. The number of amides is 2. The molecule has 1 atom stereocenters. The van der Waals surface area contributed by atoms with Crippen molar-refractivity contribution in [2.45, 2.75) is 50.7 Å². The third-order valence-corrected chi connectivity index (χ3v) is 7.88. The van der Waals surface area contributed by atoms with Gasteiger partial charge in [0.25, 0.3) is 15.7 Å². The fourth-order valence-corrected chi connectivity index (χ4v) is 5.46. The topological polar surface area (TPSA) is 139 Å². The van der Waals surface area contributed by atoms with Gasteiger partial charge in [0.15, 0.2) is 0 Å². The van der Waals surface area contributed by atoms with Gasteiger partial charge in [-0.1, -0.05) is 36.4 Å². The molecular formula is C29H34N4O7S. The van der Waals surface area contributed by atoms with Crippen molar-refractivity contribution in [1.82, 2.24) is 10.2 Å². The van der Waals surface area contributed by atoms with Crippen molar-refractivity contribution < 1.29 is 27.7 Å². The number of rotatable bonds is 11. The largest absolute Gasteiger partial charge is 0.497 e. The van der Waals surface area contributed by atoms with Crippen molar-refractivity contribution in [1.29, 1.82) is 0 Å². The summed E-state index contributed by atoms with van der Waals surface area (Å²) >= 11 is 0. The van der Waals surface area contributed by atoms with Gasteiger partial charge in [0.1, 0.15) is 18.3 Å². The number of benzene rings is 3. The summed E-state index contributed by atoms with van der Waals surface area (Å²) in [6.07, 6.45) is 0. The fourth-order valence-electron chi connectivity index (χ4n) is 4.03. The van der Waals surface area contributed by atoms with Gasteiger partial charge in [0, 0.05) is 24.2 Å². The van der Waals surface area contributed by atoms with E-state index in [0.29, 0.717) is 11.3 Å². The van der Waals surface area contributed by atoms with E-state index < -0.39 is 44.9 Å². The molecular weight excluding hydrogens is 548 g/mol. The van der Waals surface area contributed by atoms with Gasteiger partial charge >= 0.3 is 0 Å². The summed E-state index contributed by atoms with van der Waals surface area (Å²) in [4.78, 5) is 39.1. The number of ether oxygens (including phenoxy) is 1. The van der Waals surface area contributed by atoms with Gasteiger partial charge in [0.2, 0.25) is 11.8 Å². The maximum atomic E-state index is 14.0. The number of sulfonamides is 1. The lowest BCUT2D eigenvalue weighted by Gasteiger charge is -2.33. The number of methoxy groups -OCH3 is 1. The van der Waals surface area contributed by atoms with E-state index in [1.54, 1.807) is 37.3 Å². The van der Waals surface area contributed by atoms with E-state index in [0.717, 1.165) is 10.4 Å². The van der Waals surface area contributed by atoms with Crippen LogP contribution in [0.15, 0.2) is 83.8 Å². The smallest absolute Gasteiger partial charge is 0.271 e. The highest BCUT2D eigenvalue weighted by atomic mass is 32.2. The summed E-state index contributed by atoms with van der Waals surface area (Å²) in [5, 5.41) is 14.3. The number of nitro benzene ring substituents is 1. The lowest BCUT2D eigenvalue weighted by molar-refractivity contribution is -0.384. The molecule has 0 aliphatic heterocycles. The molecule has 41 heavy (non-hydrogen) atoms. The number of carbonyl (C=O) groups is 2. The molecule has 0 spiro atoms. The molecule has 3 aromatic carbocycles. The Morgan fingerprint density at radius 1 is 1.00 bits per heavy atom. The molecule has 1 N–H and O–H groups in total. The predicted molar refractivity (Wildman–Crippen MR) is 155 cm³/mol. The highest BCUT2D eigenvalue weighted by Gasteiger charge is 2.33. The Hall–Kier alpha value is -4.45. The second kappa shape index (κ2) is 12.8. The SMILES string of the molecule is COc1cccc(CN(C(=O)CN(c2cccc([N+](=O)[O-])c2)S(=O)(=O)c2ccccc2)[C@H](C)C(=O)NC(C)(C)C)c1. The number of nitrogens with one attached hydrogen (secondary N) is 1. The molecule has 0 aliphatic rings. The maximum absolute atomic E-state index is 14.0. The monoisotopic (exact) mass is 582 g/mol. The first-order valence-electron chi connectivity index (χ1n) is 12.8. The van der Waals surface area contributed by atoms with Crippen molar-refractivity contribution in [2.24, 2.45) is 0 Å². The van der Waals surface area contributed by atoms with Gasteiger partial charge in [-0.05, 0) is 63.6 Å². The van der Waals surface area contributed by atoms with Gasteiger partial charge in [-0.15, -0.1) is 0 Å². The second-order valence-corrected chi connectivity index (χ2v) is 12.3. The molecule has 0 unspecified atom stereocenters. The van der Waals surface area contributed by atoms with E-state index in [-0.39, 0.29) is 22.8 Å². The molecule has 3 rings (SSSR count). The van der Waals surface area contributed by atoms with Crippen LogP contribution in [0.4, 0.5) is 11.4 Å². The molecule has 11 nitrogen and oxygen atoms in total. The van der Waals surface area contributed by atoms with E-state index in [4.69, 9.17) is 4.74 Å². The van der Waals surface area contributed by atoms with Crippen LogP contribution in [-0.4, -0.2) is 55.3 Å². The first-order valence-corrected chi connectivity index (χ1v) is 14.2. The molecule has 0 heterocycles. The summed E-state index contributed by atoms with van der Waals surface area (Å²) in [5.41, 5.74) is -0.332. The van der Waals surface area contributed by atoms with Crippen molar-refractivity contribution >= 4 is 33.2 Å². The van der Waals surface area contributed by atoms with Gasteiger partial charge in [-0.25, -0.2) is 8.42 Å². The van der Waals surface area contributed by atoms with E-state index in [1.807, 2.05) is 20.8 Å². The van der Waals surface area contributed by atoms with Gasteiger partial charge < -0.3 is 15.0 Å². The zero-order valence-corrected chi connectivity index (χ0v) is 24.4. The van der Waals surface area contributed by atoms with Crippen LogP contribution < -0.4 is 14.4 Å². The number of nitro groups is 1. The van der Waals surface area contributed by atoms with Crippen molar-refractivity contribution in [3.63, 3.8) is 0 Å². The van der Waals surface area contributed by atoms with Gasteiger partial charge in [-0.2, -0.15) is 0 Å². The van der Waals surface area contributed by atoms with Crippen LogP contribution in [0.25, 0.3) is 0 Å². The van der Waals surface area contributed by atoms with Crippen LogP contribution in [-0.2, 0) is 26.2 Å². The quantitative estimate of drug-likeness (QED) is 0.265. The average molecular weight is 583 g/mol. The van der Waals surface area contributed by atoms with Gasteiger partial charge in [-0.3, -0.25) is 24.0 Å². The van der Waals surface area contributed by atoms with Crippen LogP contribution >= 0.6 is 0 Å². The predicted octanol–water partition coefficient (Wildman–Crippen LogP) is 4.13. The standard InChI is InChI=1S/C29H34N4O7S/c1-21(28(35)30-29(2,3)4)31(19-22-11-9-14-25(17-22)40-5)27(34)20-32(23-12-10-13-24(18-23)33(36)37)41(38,39)26-15-7-6-8-16-26/h6-18,21H,19-20H2,1-5H3,(H,30,35)/t21-/m1/s1. The molecule has 0 fully saturated rings. The number of hydrogen-bond acceptors (Lipinski definition) is 7. The third-order valence-electron chi connectivity index (χ3n) is 6.09. The molecule has 0 aromatic heterocycles. The molecule has 0 saturated heterocycles. The first-order chi connectivity index (χ1) is 19.2. The Labute approximate surface area is 239 Å². The number of carbonyl (C=O) groups excluding carboxylic acids is 2. The summed E-state index contributed by atoms with van der Waals surface area (Å²) in [7, 11) is -2.83. The molecule has 218 valence electrons. The van der Waals surface area contributed by atoms with E-state index in [1.165, 1.54) is 54.5 Å². The first kappa shape index (κ1) is 31.1. The number of nitrogens with zero attached hydrogens (tertiary/aromatic N) is 3. The Morgan fingerprint density at radius 2 is 1.66 bits per heavy atom. The van der Waals surface area contributed by atoms with E-state index in [2.05, 4.69) is 5.32 Å². The average Bonchev–Trinajstić information content (AvgIpc) is 2.93. The van der Waals surface area contributed by atoms with Crippen LogP contribution in [0.5, 0.6) is 5.75 Å². The summed E-state index contributed by atoms with van der Waals surface area (Å²) in [6.45, 7) is 6.24. The Kier molecular flexibility index (Phi) is 9.71. The highest BCUT2D eigenvalue weighted by molar-refractivity contribution is 7.92. The minimum atomic E-state index is -4.34. The minimum absolute atomic E-state index is 0.0249. The molecule has 0 saturated carbocycles. The Balaban J connectivity index is 2.08. The molecule has 12 heteroatoms. The minimum Gasteiger partial charge on any atom is -0.497 e. The van der Waals surface area contributed by atoms with Crippen molar-refractivity contribution in [3.05, 3.63) is 94.5 Å². The molecule has 3 aromatic rings.